The highest BCUT2D eigenvalue weighted by Crippen LogP contribution is 2.17. The molecular formula is C14H23NO3. The molecule has 0 spiro atoms. The summed E-state index contributed by atoms with van der Waals surface area (Å²) in [6.07, 6.45) is 0. The monoisotopic (exact) mass is 253 g/mol. The van der Waals surface area contributed by atoms with Gasteiger partial charge < -0.3 is 19.5 Å². The van der Waals surface area contributed by atoms with Crippen LogP contribution in [0.5, 0.6) is 5.75 Å². The molecule has 0 fully saturated rings. The van der Waals surface area contributed by atoms with Gasteiger partial charge in [-0.3, -0.25) is 0 Å². The second-order valence-corrected chi connectivity index (χ2v) is 3.95. The average molecular weight is 253 g/mol. The van der Waals surface area contributed by atoms with Crippen LogP contribution in [0.3, 0.4) is 0 Å². The van der Waals surface area contributed by atoms with Gasteiger partial charge in [0.25, 0.3) is 0 Å². The van der Waals surface area contributed by atoms with Crippen molar-refractivity contribution in [2.75, 3.05) is 40.6 Å². The van der Waals surface area contributed by atoms with E-state index in [4.69, 9.17) is 14.2 Å². The van der Waals surface area contributed by atoms with Crippen molar-refractivity contribution in [3.63, 3.8) is 0 Å². The summed E-state index contributed by atoms with van der Waals surface area (Å²) in [5.41, 5.74) is 1.20. The van der Waals surface area contributed by atoms with E-state index in [9.17, 15) is 0 Å². The van der Waals surface area contributed by atoms with E-state index in [-0.39, 0.29) is 6.04 Å². The highest BCUT2D eigenvalue weighted by molar-refractivity contribution is 5.29. The van der Waals surface area contributed by atoms with Gasteiger partial charge in [-0.2, -0.15) is 0 Å². The molecule has 0 heterocycles. The summed E-state index contributed by atoms with van der Waals surface area (Å²) in [5, 5.41) is 3.41. The molecule has 1 N–H and O–H groups in total. The first-order valence-electron chi connectivity index (χ1n) is 6.25. The Bertz CT molecular complexity index is 313. The minimum absolute atomic E-state index is 0.206. The quantitative estimate of drug-likeness (QED) is 0.683. The maximum Gasteiger partial charge on any atom is 0.118 e. The minimum atomic E-state index is 0.206. The van der Waals surface area contributed by atoms with Crippen LogP contribution in [-0.4, -0.2) is 40.6 Å². The van der Waals surface area contributed by atoms with Crippen molar-refractivity contribution in [2.24, 2.45) is 0 Å². The molecule has 0 saturated carbocycles. The maximum absolute atomic E-state index is 5.58. The van der Waals surface area contributed by atoms with E-state index in [1.807, 2.05) is 12.1 Å². The highest BCUT2D eigenvalue weighted by atomic mass is 16.5. The third kappa shape index (κ3) is 5.04. The molecule has 1 unspecified atom stereocenters. The Kier molecular flexibility index (Phi) is 7.41. The van der Waals surface area contributed by atoms with E-state index in [2.05, 4.69) is 24.4 Å². The van der Waals surface area contributed by atoms with Crippen LogP contribution >= 0.6 is 0 Å². The Morgan fingerprint density at radius 1 is 1.11 bits per heavy atom. The van der Waals surface area contributed by atoms with E-state index in [0.29, 0.717) is 19.8 Å². The third-order valence-corrected chi connectivity index (χ3v) is 2.69. The molecule has 0 aliphatic rings. The van der Waals surface area contributed by atoms with Crippen molar-refractivity contribution in [1.29, 1.82) is 0 Å². The molecule has 0 aliphatic heterocycles. The van der Waals surface area contributed by atoms with Gasteiger partial charge in [0.15, 0.2) is 0 Å². The van der Waals surface area contributed by atoms with Crippen LogP contribution in [0.4, 0.5) is 0 Å². The summed E-state index contributed by atoms with van der Waals surface area (Å²) in [6.45, 7) is 4.88. The van der Waals surface area contributed by atoms with Crippen LogP contribution in [0.25, 0.3) is 0 Å². The van der Waals surface area contributed by atoms with Gasteiger partial charge in [-0.25, -0.2) is 0 Å². The molecule has 1 rings (SSSR count). The summed E-state index contributed by atoms with van der Waals surface area (Å²) in [7, 11) is 3.35. The minimum Gasteiger partial charge on any atom is -0.497 e. The zero-order valence-corrected chi connectivity index (χ0v) is 11.4. The lowest BCUT2D eigenvalue weighted by molar-refractivity contribution is 0.0588. The Labute approximate surface area is 109 Å². The first-order chi connectivity index (χ1) is 8.81. The van der Waals surface area contributed by atoms with Crippen molar-refractivity contribution in [1.82, 2.24) is 5.32 Å². The Balaban J connectivity index is 2.53. The van der Waals surface area contributed by atoms with Gasteiger partial charge in [-0.1, -0.05) is 19.1 Å². The van der Waals surface area contributed by atoms with Gasteiger partial charge >= 0.3 is 0 Å². The van der Waals surface area contributed by atoms with E-state index in [1.165, 1.54) is 5.56 Å². The average Bonchev–Trinajstić information content (AvgIpc) is 2.42. The van der Waals surface area contributed by atoms with Crippen molar-refractivity contribution in [3.05, 3.63) is 29.8 Å². The lowest BCUT2D eigenvalue weighted by atomic mass is 10.1. The maximum atomic E-state index is 5.58. The summed E-state index contributed by atoms with van der Waals surface area (Å²) in [4.78, 5) is 0. The van der Waals surface area contributed by atoms with Gasteiger partial charge in [0.2, 0.25) is 0 Å². The Hall–Kier alpha value is -1.10. The third-order valence-electron chi connectivity index (χ3n) is 2.69. The lowest BCUT2D eigenvalue weighted by Crippen LogP contribution is -2.26. The number of methoxy groups -OCH3 is 2. The summed E-state index contributed by atoms with van der Waals surface area (Å²) in [6, 6.07) is 8.26. The lowest BCUT2D eigenvalue weighted by Gasteiger charge is -2.18. The molecule has 0 amide bonds. The normalized spacial score (nSPS) is 12.4. The molecule has 1 aromatic rings. The number of nitrogens with one attached hydrogen (secondary N) is 1. The van der Waals surface area contributed by atoms with Gasteiger partial charge in [-0.15, -0.1) is 0 Å². The molecular weight excluding hydrogens is 230 g/mol. The van der Waals surface area contributed by atoms with E-state index in [1.54, 1.807) is 14.2 Å². The van der Waals surface area contributed by atoms with Crippen molar-refractivity contribution < 1.29 is 14.2 Å². The fourth-order valence-electron chi connectivity index (χ4n) is 1.70. The predicted octanol–water partition coefficient (Wildman–Crippen LogP) is 2.01. The molecule has 0 aliphatic carbocycles. The van der Waals surface area contributed by atoms with Crippen LogP contribution in [0.15, 0.2) is 24.3 Å². The van der Waals surface area contributed by atoms with E-state index >= 15 is 0 Å². The van der Waals surface area contributed by atoms with Gasteiger partial charge in [0, 0.05) is 7.11 Å². The summed E-state index contributed by atoms with van der Waals surface area (Å²) in [5.74, 6) is 0.870. The molecule has 1 aromatic carbocycles. The fraction of sp³-hybridized carbons (Fsp3) is 0.571. The topological polar surface area (TPSA) is 39.7 Å². The number of hydrogen-bond donors (Lipinski definition) is 1. The van der Waals surface area contributed by atoms with E-state index in [0.717, 1.165) is 12.3 Å². The molecule has 0 saturated heterocycles. The molecule has 0 bridgehead atoms. The summed E-state index contributed by atoms with van der Waals surface area (Å²) >= 11 is 0. The zero-order chi connectivity index (χ0) is 13.2. The van der Waals surface area contributed by atoms with Crippen molar-refractivity contribution in [2.45, 2.75) is 13.0 Å². The second kappa shape index (κ2) is 8.91. The number of hydrogen-bond acceptors (Lipinski definition) is 4. The summed E-state index contributed by atoms with van der Waals surface area (Å²) < 4.78 is 15.7. The molecule has 0 radical (unpaired) electrons. The van der Waals surface area contributed by atoms with Gasteiger partial charge in [0.1, 0.15) is 5.75 Å². The van der Waals surface area contributed by atoms with Gasteiger partial charge in [-0.05, 0) is 24.2 Å². The number of likely N-dealkylation sites (N-methyl/N-ethyl adjacent to an activating group) is 1. The number of benzene rings is 1. The van der Waals surface area contributed by atoms with Crippen molar-refractivity contribution >= 4 is 0 Å². The van der Waals surface area contributed by atoms with Crippen LogP contribution in [0, 0.1) is 0 Å². The molecule has 1 atom stereocenters. The number of ether oxygens (including phenoxy) is 3. The molecule has 4 nitrogen and oxygen atoms in total. The first-order valence-corrected chi connectivity index (χ1v) is 6.25. The van der Waals surface area contributed by atoms with Crippen LogP contribution in [0.1, 0.15) is 18.5 Å². The fourth-order valence-corrected chi connectivity index (χ4v) is 1.70. The van der Waals surface area contributed by atoms with Crippen molar-refractivity contribution in [3.8, 4) is 5.75 Å². The first kappa shape index (κ1) is 15.0. The Morgan fingerprint density at radius 3 is 2.39 bits per heavy atom. The molecule has 4 heteroatoms. The Morgan fingerprint density at radius 2 is 1.83 bits per heavy atom. The van der Waals surface area contributed by atoms with Crippen LogP contribution in [0.2, 0.25) is 0 Å². The predicted molar refractivity (Wildman–Crippen MR) is 72.1 cm³/mol. The van der Waals surface area contributed by atoms with Crippen LogP contribution in [-0.2, 0) is 9.47 Å². The molecule has 18 heavy (non-hydrogen) atoms. The highest BCUT2D eigenvalue weighted by Gasteiger charge is 2.10. The van der Waals surface area contributed by atoms with Gasteiger partial charge in [0.05, 0.1) is 33.0 Å². The molecule has 102 valence electrons. The van der Waals surface area contributed by atoms with Crippen LogP contribution < -0.4 is 10.1 Å². The second-order valence-electron chi connectivity index (χ2n) is 3.95. The zero-order valence-electron chi connectivity index (χ0n) is 11.4. The standard InChI is InChI=1S/C14H23NO3/c1-4-15-14(11-18-10-9-16-2)12-5-7-13(17-3)8-6-12/h5-8,14-15H,4,9-11H2,1-3H3. The number of rotatable bonds is 9. The SMILES string of the molecule is CCNC(COCCOC)c1ccc(OC)cc1. The largest absolute Gasteiger partial charge is 0.497 e. The molecule has 0 aromatic heterocycles. The van der Waals surface area contributed by atoms with E-state index < -0.39 is 0 Å². The smallest absolute Gasteiger partial charge is 0.118 e.